The topological polar surface area (TPSA) is 85.2 Å². The van der Waals surface area contributed by atoms with Crippen LogP contribution >= 0.6 is 15.9 Å². The van der Waals surface area contributed by atoms with Gasteiger partial charge >= 0.3 is 0 Å². The van der Waals surface area contributed by atoms with Crippen LogP contribution in [-0.2, 0) is 9.59 Å². The molecule has 7 heteroatoms. The van der Waals surface area contributed by atoms with Gasteiger partial charge in [-0.1, -0.05) is 24.3 Å². The zero-order chi connectivity index (χ0) is 19.1. The average Bonchev–Trinajstić information content (AvgIpc) is 2.63. The summed E-state index contributed by atoms with van der Waals surface area (Å²) in [7, 11) is 1.69. The smallest absolute Gasteiger partial charge is 0.241 e. The molecule has 0 fully saturated rings. The molecule has 0 aromatic heterocycles. The van der Waals surface area contributed by atoms with Gasteiger partial charge in [-0.2, -0.15) is 5.26 Å². The molecule has 1 atom stereocenters. The van der Waals surface area contributed by atoms with Crippen molar-refractivity contribution < 1.29 is 9.59 Å². The number of rotatable bonds is 6. The second kappa shape index (κ2) is 9.13. The summed E-state index contributed by atoms with van der Waals surface area (Å²) in [4.78, 5) is 26.3. The number of nitrogens with zero attached hydrogens (tertiary/aromatic N) is 2. The van der Waals surface area contributed by atoms with Gasteiger partial charge in [-0.25, -0.2) is 0 Å². The maximum Gasteiger partial charge on any atom is 0.241 e. The minimum Gasteiger partial charge on any atom is -0.324 e. The molecule has 6 nitrogen and oxygen atoms in total. The van der Waals surface area contributed by atoms with Crippen molar-refractivity contribution in [1.82, 2.24) is 4.90 Å². The molecule has 2 aromatic rings. The quantitative estimate of drug-likeness (QED) is 0.759. The first kappa shape index (κ1) is 19.6. The second-order valence-corrected chi connectivity index (χ2v) is 6.62. The summed E-state index contributed by atoms with van der Waals surface area (Å²) in [6.45, 7) is 1.76. The average molecular weight is 415 g/mol. The molecule has 2 rings (SSSR count). The molecule has 0 unspecified atom stereocenters. The van der Waals surface area contributed by atoms with Crippen LogP contribution in [-0.4, -0.2) is 36.3 Å². The normalized spacial score (nSPS) is 11.5. The lowest BCUT2D eigenvalue weighted by molar-refractivity contribution is -0.122. The third-order valence-corrected chi connectivity index (χ3v) is 4.58. The van der Waals surface area contributed by atoms with E-state index >= 15 is 0 Å². The Labute approximate surface area is 160 Å². The van der Waals surface area contributed by atoms with E-state index in [4.69, 9.17) is 5.26 Å². The summed E-state index contributed by atoms with van der Waals surface area (Å²) >= 11 is 3.37. The van der Waals surface area contributed by atoms with Crippen molar-refractivity contribution >= 4 is 39.1 Å². The number of nitriles is 1. The molecule has 0 saturated heterocycles. The van der Waals surface area contributed by atoms with E-state index in [1.807, 2.05) is 24.3 Å². The first-order valence-electron chi connectivity index (χ1n) is 7.97. The summed E-state index contributed by atoms with van der Waals surface area (Å²) in [5.41, 5.74) is 1.52. The first-order valence-corrected chi connectivity index (χ1v) is 8.76. The summed E-state index contributed by atoms with van der Waals surface area (Å²) in [5.74, 6) is -0.514. The Bertz CT molecular complexity index is 847. The molecule has 2 N–H and O–H groups in total. The lowest BCUT2D eigenvalue weighted by atomic mass is 10.2. The standard InChI is InChI=1S/C19H19BrN4O2/c1-13(19(26)23-16-9-5-3-7-14(16)11-21)24(2)12-18(25)22-17-10-6-4-8-15(17)20/h3-10,13H,12H2,1-2H3,(H,22,25)(H,23,26)/t13-/m0/s1. The number of carbonyl (C=O) groups is 2. The highest BCUT2D eigenvalue weighted by Gasteiger charge is 2.21. The van der Waals surface area contributed by atoms with E-state index in [-0.39, 0.29) is 18.4 Å². The Morgan fingerprint density at radius 1 is 1.12 bits per heavy atom. The molecule has 0 bridgehead atoms. The van der Waals surface area contributed by atoms with E-state index in [0.29, 0.717) is 16.9 Å². The molecule has 0 radical (unpaired) electrons. The molecule has 0 aliphatic carbocycles. The highest BCUT2D eigenvalue weighted by atomic mass is 79.9. The predicted molar refractivity (Wildman–Crippen MR) is 105 cm³/mol. The fourth-order valence-corrected chi connectivity index (χ4v) is 2.63. The molecule has 0 heterocycles. The number of halogens is 1. The number of hydrogen-bond acceptors (Lipinski definition) is 4. The summed E-state index contributed by atoms with van der Waals surface area (Å²) in [6.07, 6.45) is 0. The van der Waals surface area contributed by atoms with Gasteiger partial charge in [0.25, 0.3) is 0 Å². The largest absolute Gasteiger partial charge is 0.324 e. The number of carbonyl (C=O) groups excluding carboxylic acids is 2. The van der Waals surface area contributed by atoms with Crippen molar-refractivity contribution in [2.75, 3.05) is 24.2 Å². The fraction of sp³-hybridized carbons (Fsp3) is 0.211. The predicted octanol–water partition coefficient (Wildman–Crippen LogP) is 3.22. The molecule has 0 spiro atoms. The number of anilines is 2. The fourth-order valence-electron chi connectivity index (χ4n) is 2.24. The number of nitrogens with one attached hydrogen (secondary N) is 2. The summed E-state index contributed by atoms with van der Waals surface area (Å²) < 4.78 is 0.787. The van der Waals surface area contributed by atoms with Crippen molar-refractivity contribution in [3.05, 3.63) is 58.6 Å². The molecule has 0 saturated carbocycles. The van der Waals surface area contributed by atoms with Gasteiger partial charge in [0.1, 0.15) is 6.07 Å². The highest BCUT2D eigenvalue weighted by Crippen LogP contribution is 2.21. The number of para-hydroxylation sites is 2. The third-order valence-electron chi connectivity index (χ3n) is 3.89. The Balaban J connectivity index is 1.95. The van der Waals surface area contributed by atoms with Crippen LogP contribution in [0, 0.1) is 11.3 Å². The van der Waals surface area contributed by atoms with E-state index in [1.165, 1.54) is 0 Å². The summed E-state index contributed by atoms with van der Waals surface area (Å²) in [6, 6.07) is 15.6. The molecular formula is C19H19BrN4O2. The Hall–Kier alpha value is -2.69. The van der Waals surface area contributed by atoms with Crippen LogP contribution in [0.4, 0.5) is 11.4 Å². The van der Waals surface area contributed by atoms with Crippen molar-refractivity contribution in [3.63, 3.8) is 0 Å². The Morgan fingerprint density at radius 3 is 2.38 bits per heavy atom. The molecule has 26 heavy (non-hydrogen) atoms. The van der Waals surface area contributed by atoms with Crippen LogP contribution in [0.3, 0.4) is 0 Å². The zero-order valence-corrected chi connectivity index (χ0v) is 16.1. The van der Waals surface area contributed by atoms with E-state index < -0.39 is 6.04 Å². The van der Waals surface area contributed by atoms with Crippen molar-refractivity contribution in [1.29, 1.82) is 5.26 Å². The molecule has 0 aliphatic rings. The molecular weight excluding hydrogens is 396 g/mol. The van der Waals surface area contributed by atoms with Gasteiger partial charge in [0.15, 0.2) is 0 Å². The van der Waals surface area contributed by atoms with Crippen molar-refractivity contribution in [2.24, 2.45) is 0 Å². The minimum atomic E-state index is -0.549. The maximum absolute atomic E-state index is 12.4. The van der Waals surface area contributed by atoms with Crippen molar-refractivity contribution in [2.45, 2.75) is 13.0 Å². The van der Waals surface area contributed by atoms with Crippen LogP contribution in [0.15, 0.2) is 53.0 Å². The first-order chi connectivity index (χ1) is 12.4. The zero-order valence-electron chi connectivity index (χ0n) is 14.5. The monoisotopic (exact) mass is 414 g/mol. The molecule has 0 aliphatic heterocycles. The van der Waals surface area contributed by atoms with Gasteiger partial charge < -0.3 is 10.6 Å². The van der Waals surface area contributed by atoms with E-state index in [9.17, 15) is 9.59 Å². The minimum absolute atomic E-state index is 0.0514. The molecule has 134 valence electrons. The lowest BCUT2D eigenvalue weighted by Gasteiger charge is -2.23. The van der Waals surface area contributed by atoms with E-state index in [0.717, 1.165) is 4.47 Å². The van der Waals surface area contributed by atoms with E-state index in [1.54, 1.807) is 49.2 Å². The van der Waals surface area contributed by atoms with Gasteiger partial charge in [0.05, 0.1) is 29.5 Å². The van der Waals surface area contributed by atoms with Gasteiger partial charge in [-0.15, -0.1) is 0 Å². The lowest BCUT2D eigenvalue weighted by Crippen LogP contribution is -2.43. The van der Waals surface area contributed by atoms with Gasteiger partial charge in [0, 0.05) is 4.47 Å². The van der Waals surface area contributed by atoms with Crippen molar-refractivity contribution in [3.8, 4) is 6.07 Å². The summed E-state index contributed by atoms with van der Waals surface area (Å²) in [5, 5.41) is 14.6. The Kier molecular flexibility index (Phi) is 6.89. The second-order valence-electron chi connectivity index (χ2n) is 5.77. The van der Waals surface area contributed by atoms with Crippen LogP contribution in [0.25, 0.3) is 0 Å². The number of likely N-dealkylation sites (N-methyl/N-ethyl adjacent to an activating group) is 1. The maximum atomic E-state index is 12.4. The van der Waals surface area contributed by atoms with Crippen LogP contribution in [0.2, 0.25) is 0 Å². The highest BCUT2D eigenvalue weighted by molar-refractivity contribution is 9.10. The van der Waals surface area contributed by atoms with Crippen LogP contribution in [0.1, 0.15) is 12.5 Å². The van der Waals surface area contributed by atoms with Crippen LogP contribution < -0.4 is 10.6 Å². The number of amides is 2. The number of benzene rings is 2. The Morgan fingerprint density at radius 2 is 1.73 bits per heavy atom. The molecule has 2 aromatic carbocycles. The van der Waals surface area contributed by atoms with Gasteiger partial charge in [0.2, 0.25) is 11.8 Å². The van der Waals surface area contributed by atoms with E-state index in [2.05, 4.69) is 26.6 Å². The van der Waals surface area contributed by atoms with Gasteiger partial charge in [-0.05, 0) is 54.2 Å². The van der Waals surface area contributed by atoms with Gasteiger partial charge in [-0.3, -0.25) is 14.5 Å². The van der Waals surface area contributed by atoms with Crippen LogP contribution in [0.5, 0.6) is 0 Å². The SMILES string of the molecule is C[C@@H](C(=O)Nc1ccccc1C#N)N(C)CC(=O)Nc1ccccc1Br. The molecule has 2 amide bonds. The third kappa shape index (κ3) is 5.15. The number of hydrogen-bond donors (Lipinski definition) is 2.